The Kier molecular flexibility index (Phi) is 5.47. The van der Waals surface area contributed by atoms with Crippen molar-refractivity contribution < 1.29 is 18.8 Å². The first-order valence-electron chi connectivity index (χ1n) is 11.2. The van der Waals surface area contributed by atoms with Gasteiger partial charge >= 0.3 is 6.03 Å². The minimum Gasteiger partial charge on any atom is -0.342 e. The third-order valence-corrected chi connectivity index (χ3v) is 6.82. The second-order valence-corrected chi connectivity index (χ2v) is 9.09. The molecule has 2 bridgehead atoms. The summed E-state index contributed by atoms with van der Waals surface area (Å²) in [6, 6.07) is 9.76. The second-order valence-electron chi connectivity index (χ2n) is 9.09. The Labute approximate surface area is 190 Å². The van der Waals surface area contributed by atoms with Crippen LogP contribution in [0.15, 0.2) is 47.3 Å². The molecule has 2 aromatic rings. The molecule has 3 aliphatic heterocycles. The van der Waals surface area contributed by atoms with Crippen molar-refractivity contribution in [2.75, 3.05) is 13.1 Å². The zero-order valence-electron chi connectivity index (χ0n) is 18.1. The molecule has 3 aliphatic rings. The quantitative estimate of drug-likeness (QED) is 0.701. The molecule has 8 nitrogen and oxygen atoms in total. The Hall–Kier alpha value is -3.49. The van der Waals surface area contributed by atoms with E-state index in [-0.39, 0.29) is 42.7 Å². The average molecular weight is 452 g/mol. The number of nitrogens with one attached hydrogen (secondary N) is 1. The highest BCUT2D eigenvalue weighted by atomic mass is 19.1. The summed E-state index contributed by atoms with van der Waals surface area (Å²) < 4.78 is 15.2. The van der Waals surface area contributed by atoms with E-state index < -0.39 is 23.8 Å². The Morgan fingerprint density at radius 2 is 1.88 bits per heavy atom. The van der Waals surface area contributed by atoms with Crippen molar-refractivity contribution in [1.82, 2.24) is 19.7 Å². The second kappa shape index (κ2) is 8.46. The van der Waals surface area contributed by atoms with Crippen LogP contribution in [0.5, 0.6) is 0 Å². The van der Waals surface area contributed by atoms with Crippen LogP contribution in [0.1, 0.15) is 36.4 Å². The molecular formula is C24H25FN4O4. The molecule has 2 fully saturated rings. The van der Waals surface area contributed by atoms with Gasteiger partial charge in [-0.2, -0.15) is 0 Å². The smallest absolute Gasteiger partial charge is 0.325 e. The Morgan fingerprint density at radius 1 is 1.06 bits per heavy atom. The SMILES string of the molecule is O=C(CC[C@@H]1NC(=O)N(Cc2cccc(F)c2)C1=O)N1CC2CC(C1)c1cccc(=O)n1C2. The van der Waals surface area contributed by atoms with Gasteiger partial charge in [0.15, 0.2) is 0 Å². The lowest BCUT2D eigenvalue weighted by Crippen LogP contribution is -2.49. The van der Waals surface area contributed by atoms with E-state index in [2.05, 4.69) is 5.32 Å². The largest absolute Gasteiger partial charge is 0.342 e. The van der Waals surface area contributed by atoms with Gasteiger partial charge in [0.1, 0.15) is 11.9 Å². The summed E-state index contributed by atoms with van der Waals surface area (Å²) in [4.78, 5) is 53.0. The fraction of sp³-hybridized carbons (Fsp3) is 0.417. The van der Waals surface area contributed by atoms with Crippen LogP contribution in [0.4, 0.5) is 9.18 Å². The van der Waals surface area contributed by atoms with Gasteiger partial charge in [0.25, 0.3) is 11.5 Å². The number of hydrogen-bond donors (Lipinski definition) is 1. The maximum absolute atomic E-state index is 13.4. The number of likely N-dealkylation sites (tertiary alicyclic amines) is 1. The predicted molar refractivity (Wildman–Crippen MR) is 117 cm³/mol. The highest BCUT2D eigenvalue weighted by Gasteiger charge is 2.39. The topological polar surface area (TPSA) is 91.7 Å². The van der Waals surface area contributed by atoms with Gasteiger partial charge < -0.3 is 14.8 Å². The van der Waals surface area contributed by atoms with E-state index in [1.165, 1.54) is 18.2 Å². The maximum Gasteiger partial charge on any atom is 0.325 e. The molecule has 3 atom stereocenters. The Morgan fingerprint density at radius 3 is 2.70 bits per heavy atom. The standard InChI is InChI=1S/C24H25FN4O4/c25-18-4-1-3-15(10-18)12-29-23(32)19(26-24(29)33)7-8-21(30)27-11-16-9-17(14-27)20-5-2-6-22(31)28(20)13-16/h1-6,10,16-17,19H,7-9,11-14H2,(H,26,33)/t16?,17?,19-/m0/s1. The lowest BCUT2D eigenvalue weighted by atomic mass is 9.83. The van der Waals surface area contributed by atoms with Crippen molar-refractivity contribution in [3.05, 3.63) is 69.9 Å². The molecule has 1 N–H and O–H groups in total. The van der Waals surface area contributed by atoms with Crippen molar-refractivity contribution in [3.8, 4) is 0 Å². The average Bonchev–Trinajstić information content (AvgIpc) is 3.05. The number of imide groups is 1. The number of fused-ring (bicyclic) bond motifs is 4. The minimum absolute atomic E-state index is 0.000240. The summed E-state index contributed by atoms with van der Waals surface area (Å²) in [5.41, 5.74) is 1.50. The number of aromatic nitrogens is 1. The first-order valence-corrected chi connectivity index (χ1v) is 11.2. The number of nitrogens with zero attached hydrogens (tertiary/aromatic N) is 3. The number of piperidine rings is 1. The van der Waals surface area contributed by atoms with Crippen LogP contribution in [0.2, 0.25) is 0 Å². The number of benzene rings is 1. The van der Waals surface area contributed by atoms with Gasteiger partial charge in [-0.15, -0.1) is 0 Å². The number of hydrogen-bond acceptors (Lipinski definition) is 4. The van der Waals surface area contributed by atoms with Crippen LogP contribution in [-0.4, -0.2) is 51.3 Å². The zero-order chi connectivity index (χ0) is 23.1. The first kappa shape index (κ1) is 21.4. The number of pyridine rings is 1. The van der Waals surface area contributed by atoms with Crippen LogP contribution in [0.25, 0.3) is 0 Å². The van der Waals surface area contributed by atoms with E-state index in [9.17, 15) is 23.6 Å². The highest BCUT2D eigenvalue weighted by Crippen LogP contribution is 2.35. The van der Waals surface area contributed by atoms with Gasteiger partial charge in [-0.05, 0) is 42.5 Å². The first-order chi connectivity index (χ1) is 15.9. The van der Waals surface area contributed by atoms with Crippen LogP contribution < -0.4 is 10.9 Å². The molecule has 172 valence electrons. The number of halogens is 1. The van der Waals surface area contributed by atoms with Gasteiger partial charge in [0, 0.05) is 43.7 Å². The van der Waals surface area contributed by atoms with E-state index in [4.69, 9.17) is 0 Å². The lowest BCUT2D eigenvalue weighted by molar-refractivity contribution is -0.134. The van der Waals surface area contributed by atoms with Crippen LogP contribution in [0.3, 0.4) is 0 Å². The zero-order valence-corrected chi connectivity index (χ0v) is 18.1. The summed E-state index contributed by atoms with van der Waals surface area (Å²) >= 11 is 0. The highest BCUT2D eigenvalue weighted by molar-refractivity contribution is 6.04. The lowest BCUT2D eigenvalue weighted by Gasteiger charge is -2.42. The van der Waals surface area contributed by atoms with Gasteiger partial charge in [-0.1, -0.05) is 18.2 Å². The molecule has 1 aromatic heterocycles. The molecule has 0 spiro atoms. The van der Waals surface area contributed by atoms with E-state index in [0.29, 0.717) is 25.2 Å². The van der Waals surface area contributed by atoms with Crippen molar-refractivity contribution in [2.24, 2.45) is 5.92 Å². The molecule has 33 heavy (non-hydrogen) atoms. The fourth-order valence-electron chi connectivity index (χ4n) is 5.27. The fourth-order valence-corrected chi connectivity index (χ4v) is 5.27. The molecule has 1 aromatic carbocycles. The van der Waals surface area contributed by atoms with E-state index in [1.54, 1.807) is 18.2 Å². The summed E-state index contributed by atoms with van der Waals surface area (Å²) in [6.07, 6.45) is 1.32. The van der Waals surface area contributed by atoms with Crippen molar-refractivity contribution in [3.63, 3.8) is 0 Å². The molecule has 9 heteroatoms. The van der Waals surface area contributed by atoms with E-state index in [0.717, 1.165) is 17.0 Å². The minimum atomic E-state index is -0.765. The molecule has 4 amide bonds. The summed E-state index contributed by atoms with van der Waals surface area (Å²) in [5, 5.41) is 2.64. The monoisotopic (exact) mass is 452 g/mol. The molecule has 2 saturated heterocycles. The Bertz CT molecular complexity index is 1180. The third-order valence-electron chi connectivity index (χ3n) is 6.82. The molecule has 4 heterocycles. The van der Waals surface area contributed by atoms with Crippen molar-refractivity contribution in [2.45, 2.75) is 44.3 Å². The van der Waals surface area contributed by atoms with Gasteiger partial charge in [0.05, 0.1) is 6.54 Å². The number of rotatable bonds is 5. The van der Waals surface area contributed by atoms with Gasteiger partial charge in [-0.25, -0.2) is 9.18 Å². The van der Waals surface area contributed by atoms with Crippen LogP contribution in [0, 0.1) is 11.7 Å². The third kappa shape index (κ3) is 4.15. The Balaban J connectivity index is 1.19. The molecule has 0 radical (unpaired) electrons. The molecule has 0 aliphatic carbocycles. The van der Waals surface area contributed by atoms with Crippen molar-refractivity contribution >= 4 is 17.8 Å². The molecular weight excluding hydrogens is 427 g/mol. The predicted octanol–water partition coefficient (Wildman–Crippen LogP) is 1.83. The number of carbonyl (C=O) groups excluding carboxylic acids is 3. The van der Waals surface area contributed by atoms with Gasteiger partial charge in [0.2, 0.25) is 5.91 Å². The van der Waals surface area contributed by atoms with Crippen molar-refractivity contribution in [1.29, 1.82) is 0 Å². The number of urea groups is 1. The molecule has 5 rings (SSSR count). The van der Waals surface area contributed by atoms with E-state index in [1.807, 2.05) is 15.5 Å². The maximum atomic E-state index is 13.4. The van der Waals surface area contributed by atoms with Gasteiger partial charge in [-0.3, -0.25) is 19.3 Å². The van der Waals surface area contributed by atoms with Crippen LogP contribution >= 0.6 is 0 Å². The van der Waals surface area contributed by atoms with E-state index >= 15 is 0 Å². The molecule has 2 unspecified atom stereocenters. The summed E-state index contributed by atoms with van der Waals surface area (Å²) in [5.74, 6) is -0.525. The normalized spacial score (nSPS) is 24.0. The molecule has 0 saturated carbocycles. The number of amides is 4. The summed E-state index contributed by atoms with van der Waals surface area (Å²) in [6.45, 7) is 1.74. The van der Waals surface area contributed by atoms with Crippen LogP contribution in [-0.2, 0) is 22.7 Å². The number of carbonyl (C=O) groups is 3. The summed E-state index contributed by atoms with van der Waals surface area (Å²) in [7, 11) is 0.